The van der Waals surface area contributed by atoms with E-state index in [9.17, 15) is 21.6 Å². The molecule has 1 N–H and O–H groups in total. The van der Waals surface area contributed by atoms with E-state index in [1.165, 1.54) is 29.2 Å². The lowest BCUT2D eigenvalue weighted by Crippen LogP contribution is -2.41. The number of aryl methyl sites for hydroxylation is 1. The monoisotopic (exact) mass is 448 g/mol. The van der Waals surface area contributed by atoms with Gasteiger partial charge in [-0.25, -0.2) is 16.8 Å². The first-order valence-electron chi connectivity index (χ1n) is 9.43. The summed E-state index contributed by atoms with van der Waals surface area (Å²) in [4.78, 5) is 14.4. The molecule has 1 saturated heterocycles. The molecule has 0 saturated carbocycles. The van der Waals surface area contributed by atoms with Gasteiger partial charge in [-0.15, -0.1) is 6.58 Å². The third-order valence-electron chi connectivity index (χ3n) is 4.95. The Morgan fingerprint density at radius 2 is 1.80 bits per heavy atom. The number of amides is 1. The van der Waals surface area contributed by atoms with Gasteiger partial charge in [-0.3, -0.25) is 9.52 Å². The molecule has 9 heteroatoms. The van der Waals surface area contributed by atoms with Crippen LogP contribution in [0.4, 0.5) is 5.69 Å². The number of carbonyl (C=O) groups is 1. The van der Waals surface area contributed by atoms with E-state index >= 15 is 0 Å². The number of hydrogen-bond acceptors (Lipinski definition) is 5. The number of sulfonamides is 1. The highest BCUT2D eigenvalue weighted by atomic mass is 32.2. The molecule has 1 fully saturated rings. The molecule has 1 atom stereocenters. The fourth-order valence-corrected chi connectivity index (χ4v) is 6.13. The largest absolute Gasteiger partial charge is 0.331 e. The molecular formula is C21H24N2O5S2. The van der Waals surface area contributed by atoms with Crippen LogP contribution in [0.25, 0.3) is 0 Å². The van der Waals surface area contributed by atoms with Crippen LogP contribution in [0.5, 0.6) is 0 Å². The maximum atomic E-state index is 12.9. The first-order chi connectivity index (χ1) is 14.1. The number of hydrogen-bond donors (Lipinski definition) is 1. The van der Waals surface area contributed by atoms with E-state index in [0.29, 0.717) is 12.1 Å². The van der Waals surface area contributed by atoms with Gasteiger partial charge in [0.05, 0.1) is 16.4 Å². The summed E-state index contributed by atoms with van der Waals surface area (Å²) in [5, 5.41) is 0. The van der Waals surface area contributed by atoms with Crippen molar-refractivity contribution in [3.63, 3.8) is 0 Å². The SMILES string of the molecule is C=CCN(C(=O)c1ccc(S(=O)(=O)Nc2ccc(C)cc2)cc1)C1CCS(=O)(=O)C1. The van der Waals surface area contributed by atoms with Crippen LogP contribution in [0, 0.1) is 6.92 Å². The fraction of sp³-hybridized carbons (Fsp3) is 0.286. The molecule has 0 radical (unpaired) electrons. The normalized spacial score (nSPS) is 18.0. The van der Waals surface area contributed by atoms with Gasteiger partial charge in [-0.2, -0.15) is 0 Å². The van der Waals surface area contributed by atoms with E-state index in [-0.39, 0.29) is 34.4 Å². The molecule has 0 spiro atoms. The van der Waals surface area contributed by atoms with Crippen LogP contribution in [-0.2, 0) is 19.9 Å². The van der Waals surface area contributed by atoms with E-state index < -0.39 is 25.9 Å². The van der Waals surface area contributed by atoms with Crippen LogP contribution in [-0.4, -0.2) is 51.7 Å². The molecular weight excluding hydrogens is 424 g/mol. The van der Waals surface area contributed by atoms with Crippen molar-refractivity contribution < 1.29 is 21.6 Å². The molecule has 7 nitrogen and oxygen atoms in total. The molecule has 1 heterocycles. The predicted octanol–water partition coefficient (Wildman–Crippen LogP) is 2.61. The number of nitrogens with one attached hydrogen (secondary N) is 1. The van der Waals surface area contributed by atoms with Crippen molar-refractivity contribution in [2.75, 3.05) is 22.8 Å². The summed E-state index contributed by atoms with van der Waals surface area (Å²) in [5.41, 5.74) is 1.75. The lowest BCUT2D eigenvalue weighted by molar-refractivity contribution is 0.0720. The molecule has 2 aromatic carbocycles. The number of benzene rings is 2. The van der Waals surface area contributed by atoms with Crippen molar-refractivity contribution in [3.05, 3.63) is 72.3 Å². The number of sulfone groups is 1. The van der Waals surface area contributed by atoms with E-state index in [1.54, 1.807) is 30.3 Å². The second kappa shape index (κ2) is 8.61. The van der Waals surface area contributed by atoms with Crippen LogP contribution in [0.2, 0.25) is 0 Å². The number of rotatable bonds is 7. The fourth-order valence-electron chi connectivity index (χ4n) is 3.34. The summed E-state index contributed by atoms with van der Waals surface area (Å²) in [6.45, 7) is 5.77. The Morgan fingerprint density at radius 1 is 1.17 bits per heavy atom. The quantitative estimate of drug-likeness (QED) is 0.656. The average molecular weight is 449 g/mol. The highest BCUT2D eigenvalue weighted by Gasteiger charge is 2.34. The maximum Gasteiger partial charge on any atom is 0.261 e. The molecule has 0 aromatic heterocycles. The summed E-state index contributed by atoms with van der Waals surface area (Å²) < 4.78 is 51.3. The van der Waals surface area contributed by atoms with Crippen LogP contribution in [0.3, 0.4) is 0 Å². The molecule has 2 aromatic rings. The number of anilines is 1. The minimum Gasteiger partial charge on any atom is -0.331 e. The highest BCUT2D eigenvalue weighted by molar-refractivity contribution is 7.92. The van der Waals surface area contributed by atoms with E-state index in [4.69, 9.17) is 0 Å². The van der Waals surface area contributed by atoms with Gasteiger partial charge >= 0.3 is 0 Å². The summed E-state index contributed by atoms with van der Waals surface area (Å²) in [7, 11) is -6.95. The molecule has 1 unspecified atom stereocenters. The minimum absolute atomic E-state index is 0.0262. The molecule has 1 amide bonds. The Hall–Kier alpha value is -2.65. The summed E-state index contributed by atoms with van der Waals surface area (Å²) in [6, 6.07) is 12.1. The van der Waals surface area contributed by atoms with Gasteiger partial charge in [0.1, 0.15) is 0 Å². The highest BCUT2D eigenvalue weighted by Crippen LogP contribution is 2.22. The molecule has 1 aliphatic rings. The van der Waals surface area contributed by atoms with Gasteiger partial charge < -0.3 is 4.90 Å². The Labute approximate surface area is 177 Å². The van der Waals surface area contributed by atoms with Crippen LogP contribution in [0.1, 0.15) is 22.3 Å². The second-order valence-electron chi connectivity index (χ2n) is 7.30. The third-order valence-corrected chi connectivity index (χ3v) is 8.10. The van der Waals surface area contributed by atoms with Crippen LogP contribution < -0.4 is 4.72 Å². The van der Waals surface area contributed by atoms with Gasteiger partial charge in [0, 0.05) is 23.8 Å². The lowest BCUT2D eigenvalue weighted by atomic mass is 10.1. The molecule has 3 rings (SSSR count). The van der Waals surface area contributed by atoms with Crippen molar-refractivity contribution in [3.8, 4) is 0 Å². The second-order valence-corrected chi connectivity index (χ2v) is 11.2. The average Bonchev–Trinajstić information content (AvgIpc) is 3.07. The number of nitrogens with zero attached hydrogens (tertiary/aromatic N) is 1. The molecule has 1 aliphatic heterocycles. The minimum atomic E-state index is -3.80. The Morgan fingerprint density at radius 3 is 2.33 bits per heavy atom. The van der Waals surface area contributed by atoms with E-state index in [0.717, 1.165) is 5.56 Å². The summed E-state index contributed by atoms with van der Waals surface area (Å²) >= 11 is 0. The third kappa shape index (κ3) is 5.09. The molecule has 30 heavy (non-hydrogen) atoms. The topological polar surface area (TPSA) is 101 Å². The molecule has 160 valence electrons. The van der Waals surface area contributed by atoms with Crippen molar-refractivity contribution in [1.82, 2.24) is 4.90 Å². The van der Waals surface area contributed by atoms with Crippen LogP contribution >= 0.6 is 0 Å². The maximum absolute atomic E-state index is 12.9. The van der Waals surface area contributed by atoms with Crippen molar-refractivity contribution in [2.24, 2.45) is 0 Å². The van der Waals surface area contributed by atoms with Gasteiger partial charge in [0.2, 0.25) is 0 Å². The van der Waals surface area contributed by atoms with E-state index in [1.807, 2.05) is 6.92 Å². The van der Waals surface area contributed by atoms with Gasteiger partial charge in [-0.1, -0.05) is 23.8 Å². The van der Waals surface area contributed by atoms with Crippen molar-refractivity contribution in [2.45, 2.75) is 24.3 Å². The molecule has 0 bridgehead atoms. The first-order valence-corrected chi connectivity index (χ1v) is 12.7. The van der Waals surface area contributed by atoms with Crippen molar-refractivity contribution in [1.29, 1.82) is 0 Å². The molecule has 0 aliphatic carbocycles. The van der Waals surface area contributed by atoms with Gasteiger partial charge in [-0.05, 0) is 49.7 Å². The predicted molar refractivity (Wildman–Crippen MR) is 117 cm³/mol. The van der Waals surface area contributed by atoms with Gasteiger partial charge in [0.25, 0.3) is 15.9 Å². The Balaban J connectivity index is 1.78. The Bertz CT molecular complexity index is 1140. The first kappa shape index (κ1) is 22.0. The van der Waals surface area contributed by atoms with Crippen LogP contribution in [0.15, 0.2) is 66.1 Å². The standard InChI is InChI=1S/C21H24N2O5S2/c1-3-13-23(19-12-14-29(25,26)15-19)21(24)17-6-10-20(11-7-17)30(27,28)22-18-8-4-16(2)5-9-18/h3-11,19,22H,1,12-15H2,2H3. The lowest BCUT2D eigenvalue weighted by Gasteiger charge is -2.27. The van der Waals surface area contributed by atoms with Crippen molar-refractivity contribution >= 4 is 31.5 Å². The zero-order valence-electron chi connectivity index (χ0n) is 16.6. The number of carbonyl (C=O) groups excluding carboxylic acids is 1. The Kier molecular flexibility index (Phi) is 6.33. The zero-order chi connectivity index (χ0) is 21.9. The zero-order valence-corrected chi connectivity index (χ0v) is 18.2. The summed E-state index contributed by atoms with van der Waals surface area (Å²) in [5.74, 6) is -0.368. The summed E-state index contributed by atoms with van der Waals surface area (Å²) in [6.07, 6.45) is 1.93. The smallest absolute Gasteiger partial charge is 0.261 e. The van der Waals surface area contributed by atoms with Gasteiger partial charge in [0.15, 0.2) is 9.84 Å². The van der Waals surface area contributed by atoms with E-state index in [2.05, 4.69) is 11.3 Å².